The van der Waals surface area contributed by atoms with Gasteiger partial charge in [0.15, 0.2) is 0 Å². The molecule has 0 spiro atoms. The predicted molar refractivity (Wildman–Crippen MR) is 73.9 cm³/mol. The van der Waals surface area contributed by atoms with Gasteiger partial charge >= 0.3 is 0 Å². The average Bonchev–Trinajstić information content (AvgIpc) is 3.10. The second-order valence-corrected chi connectivity index (χ2v) is 6.51. The van der Waals surface area contributed by atoms with Crippen molar-refractivity contribution in [3.8, 4) is 0 Å². The van der Waals surface area contributed by atoms with Crippen molar-refractivity contribution < 1.29 is 9.59 Å². The Balaban J connectivity index is 1.70. The van der Waals surface area contributed by atoms with Crippen LogP contribution in [0.5, 0.6) is 0 Å². The van der Waals surface area contributed by atoms with Crippen LogP contribution in [-0.4, -0.2) is 35.3 Å². The summed E-state index contributed by atoms with van der Waals surface area (Å²) in [6, 6.07) is 3.91. The van der Waals surface area contributed by atoms with Crippen LogP contribution in [0, 0.1) is 5.92 Å². The highest BCUT2D eigenvalue weighted by molar-refractivity contribution is 7.09. The van der Waals surface area contributed by atoms with E-state index in [-0.39, 0.29) is 30.4 Å². The summed E-state index contributed by atoms with van der Waals surface area (Å²) in [4.78, 5) is 27.2. The van der Waals surface area contributed by atoms with Crippen LogP contribution < -0.4 is 5.32 Å². The first-order valence-corrected chi connectivity index (χ1v) is 7.65. The summed E-state index contributed by atoms with van der Waals surface area (Å²) in [5.41, 5.74) is 0. The summed E-state index contributed by atoms with van der Waals surface area (Å²) in [6.45, 7) is 2.23. The van der Waals surface area contributed by atoms with E-state index in [1.165, 1.54) is 4.88 Å². The maximum absolute atomic E-state index is 12.4. The number of rotatable bonds is 4. The minimum atomic E-state index is -0.271. The van der Waals surface area contributed by atoms with Crippen LogP contribution in [-0.2, 0) is 16.0 Å². The van der Waals surface area contributed by atoms with Crippen molar-refractivity contribution in [1.82, 2.24) is 10.2 Å². The van der Waals surface area contributed by atoms with Crippen molar-refractivity contribution in [1.29, 1.82) is 0 Å². The molecule has 102 valence electrons. The zero-order chi connectivity index (χ0) is 13.4. The van der Waals surface area contributed by atoms with E-state index in [0.29, 0.717) is 5.92 Å². The molecule has 2 aliphatic rings. The number of hydrogen-bond acceptors (Lipinski definition) is 3. The van der Waals surface area contributed by atoms with Gasteiger partial charge in [-0.05, 0) is 37.1 Å². The van der Waals surface area contributed by atoms with Crippen molar-refractivity contribution in [2.24, 2.45) is 5.92 Å². The van der Waals surface area contributed by atoms with Gasteiger partial charge in [0.1, 0.15) is 6.04 Å². The van der Waals surface area contributed by atoms with Gasteiger partial charge in [0.25, 0.3) is 0 Å². The number of carbonyl (C=O) groups is 2. The topological polar surface area (TPSA) is 49.4 Å². The summed E-state index contributed by atoms with van der Waals surface area (Å²) in [7, 11) is 0. The Kier molecular flexibility index (Phi) is 3.31. The van der Waals surface area contributed by atoms with Crippen molar-refractivity contribution in [2.75, 3.05) is 6.54 Å². The molecule has 1 aromatic rings. The molecule has 2 unspecified atom stereocenters. The van der Waals surface area contributed by atoms with Gasteiger partial charge in [-0.25, -0.2) is 0 Å². The Morgan fingerprint density at radius 3 is 2.89 bits per heavy atom. The minimum absolute atomic E-state index is 0.0190. The second-order valence-electron chi connectivity index (χ2n) is 5.48. The molecule has 1 saturated heterocycles. The fraction of sp³-hybridized carbons (Fsp3) is 0.571. The predicted octanol–water partition coefficient (Wildman–Crippen LogP) is 1.42. The number of nitrogens with zero attached hydrogens (tertiary/aromatic N) is 1. The maximum atomic E-state index is 12.4. The Hall–Kier alpha value is -1.36. The summed E-state index contributed by atoms with van der Waals surface area (Å²) in [5, 5.41) is 4.89. The smallest absolute Gasteiger partial charge is 0.246 e. The number of carbonyl (C=O) groups excluding carboxylic acids is 2. The molecule has 1 saturated carbocycles. The van der Waals surface area contributed by atoms with E-state index >= 15 is 0 Å². The second kappa shape index (κ2) is 4.96. The molecule has 1 aliphatic heterocycles. The summed E-state index contributed by atoms with van der Waals surface area (Å²) < 4.78 is 0. The highest BCUT2D eigenvalue weighted by atomic mass is 32.1. The molecule has 4 nitrogen and oxygen atoms in total. The Bertz CT molecular complexity index is 482. The molecule has 3 rings (SSSR count). The quantitative estimate of drug-likeness (QED) is 0.905. The van der Waals surface area contributed by atoms with Crippen molar-refractivity contribution >= 4 is 23.2 Å². The van der Waals surface area contributed by atoms with Gasteiger partial charge in [0, 0.05) is 17.3 Å². The van der Waals surface area contributed by atoms with Crippen LogP contribution in [0.2, 0.25) is 0 Å². The summed E-state index contributed by atoms with van der Waals surface area (Å²) in [6.07, 6.45) is 2.95. The van der Waals surface area contributed by atoms with Crippen LogP contribution >= 0.6 is 11.3 Å². The van der Waals surface area contributed by atoms with E-state index in [4.69, 9.17) is 0 Å². The molecule has 0 radical (unpaired) electrons. The fourth-order valence-electron chi connectivity index (χ4n) is 2.64. The lowest BCUT2D eigenvalue weighted by Crippen LogP contribution is -2.61. The van der Waals surface area contributed by atoms with E-state index in [0.717, 1.165) is 19.3 Å². The Morgan fingerprint density at radius 2 is 2.26 bits per heavy atom. The molecule has 1 aliphatic carbocycles. The van der Waals surface area contributed by atoms with Gasteiger partial charge in [-0.2, -0.15) is 0 Å². The minimum Gasteiger partial charge on any atom is -0.342 e. The van der Waals surface area contributed by atoms with Gasteiger partial charge in [-0.15, -0.1) is 11.3 Å². The Labute approximate surface area is 116 Å². The third-order valence-electron chi connectivity index (χ3n) is 3.88. The number of amides is 2. The van der Waals surface area contributed by atoms with Crippen LogP contribution in [0.3, 0.4) is 0 Å². The van der Waals surface area contributed by atoms with Crippen molar-refractivity contribution in [3.63, 3.8) is 0 Å². The molecule has 1 aromatic heterocycles. The van der Waals surface area contributed by atoms with Crippen LogP contribution in [0.15, 0.2) is 17.5 Å². The molecule has 0 aromatic carbocycles. The largest absolute Gasteiger partial charge is 0.342 e. The highest BCUT2D eigenvalue weighted by Gasteiger charge is 2.43. The third-order valence-corrected chi connectivity index (χ3v) is 4.78. The van der Waals surface area contributed by atoms with Gasteiger partial charge in [-0.3, -0.25) is 9.59 Å². The lowest BCUT2D eigenvalue weighted by Gasteiger charge is -2.36. The number of piperazine rings is 1. The number of nitrogens with one attached hydrogen (secondary N) is 1. The molecule has 0 bridgehead atoms. The molecular weight excluding hydrogens is 260 g/mol. The van der Waals surface area contributed by atoms with Crippen LogP contribution in [0.1, 0.15) is 24.6 Å². The summed E-state index contributed by atoms with van der Waals surface area (Å²) in [5.74, 6) is 0.453. The molecule has 2 atom stereocenters. The number of thiophene rings is 1. The van der Waals surface area contributed by atoms with Crippen molar-refractivity contribution in [3.05, 3.63) is 22.4 Å². The van der Waals surface area contributed by atoms with Crippen molar-refractivity contribution in [2.45, 2.75) is 38.3 Å². The van der Waals surface area contributed by atoms with E-state index in [1.54, 1.807) is 16.2 Å². The van der Waals surface area contributed by atoms with Gasteiger partial charge in [0.2, 0.25) is 11.8 Å². The zero-order valence-electron chi connectivity index (χ0n) is 11.0. The first-order valence-electron chi connectivity index (χ1n) is 6.77. The van der Waals surface area contributed by atoms with Gasteiger partial charge in [-0.1, -0.05) is 6.07 Å². The first kappa shape index (κ1) is 12.7. The monoisotopic (exact) mass is 278 g/mol. The molecule has 5 heteroatoms. The maximum Gasteiger partial charge on any atom is 0.246 e. The van der Waals surface area contributed by atoms with Crippen LogP contribution in [0.4, 0.5) is 0 Å². The molecule has 2 fully saturated rings. The lowest BCUT2D eigenvalue weighted by atomic mass is 10.0. The molecular formula is C14H18N2O2S. The first-order chi connectivity index (χ1) is 9.15. The number of hydrogen-bond donors (Lipinski definition) is 1. The molecule has 19 heavy (non-hydrogen) atoms. The normalized spacial score (nSPS) is 25.3. The molecule has 2 heterocycles. The van der Waals surface area contributed by atoms with Gasteiger partial charge in [0.05, 0.1) is 6.54 Å². The standard InChI is InChI=1S/C14H18N2O2S/c1-9(7-11-3-2-6-19-11)16-8-12(17)15-13(14(16)18)10-4-5-10/h2-3,6,9-10,13H,4-5,7-8H2,1H3,(H,15,17). The SMILES string of the molecule is CC(Cc1cccs1)N1CC(=O)NC(C2CC2)C1=O. The summed E-state index contributed by atoms with van der Waals surface area (Å²) >= 11 is 1.70. The average molecular weight is 278 g/mol. The van der Waals surface area contributed by atoms with E-state index in [2.05, 4.69) is 11.4 Å². The Morgan fingerprint density at radius 1 is 1.47 bits per heavy atom. The van der Waals surface area contributed by atoms with E-state index < -0.39 is 0 Å². The van der Waals surface area contributed by atoms with E-state index in [9.17, 15) is 9.59 Å². The van der Waals surface area contributed by atoms with Crippen LogP contribution in [0.25, 0.3) is 0 Å². The van der Waals surface area contributed by atoms with Gasteiger partial charge < -0.3 is 10.2 Å². The third kappa shape index (κ3) is 2.66. The van der Waals surface area contributed by atoms with E-state index in [1.807, 2.05) is 18.4 Å². The highest BCUT2D eigenvalue weighted by Crippen LogP contribution is 2.34. The zero-order valence-corrected chi connectivity index (χ0v) is 11.8. The fourth-order valence-corrected chi connectivity index (χ4v) is 3.47. The molecule has 2 amide bonds. The lowest BCUT2D eigenvalue weighted by molar-refractivity contribution is -0.146. The molecule has 1 N–H and O–H groups in total.